The summed E-state index contributed by atoms with van der Waals surface area (Å²) >= 11 is 0. The van der Waals surface area contributed by atoms with Gasteiger partial charge in [-0.05, 0) is 26.2 Å². The molecule has 0 spiro atoms. The van der Waals surface area contributed by atoms with Crippen LogP contribution in [0, 0.1) is 0 Å². The molecule has 2 atom stereocenters. The van der Waals surface area contributed by atoms with E-state index >= 15 is 0 Å². The number of carbonyl (C=O) groups excluding carboxylic acids is 1. The Hall–Kier alpha value is -0.570. The summed E-state index contributed by atoms with van der Waals surface area (Å²) in [6, 6.07) is 0.911. The lowest BCUT2D eigenvalue weighted by Gasteiger charge is -2.25. The Labute approximate surface area is 80.3 Å². The van der Waals surface area contributed by atoms with Gasteiger partial charge in [0.2, 0.25) is 5.91 Å². The second-order valence-electron chi connectivity index (χ2n) is 3.87. The predicted molar refractivity (Wildman–Crippen MR) is 53.5 cm³/mol. The molecule has 76 valence electrons. The van der Waals surface area contributed by atoms with E-state index in [2.05, 4.69) is 24.5 Å². The van der Waals surface area contributed by atoms with Crippen molar-refractivity contribution in [3.63, 3.8) is 0 Å². The molecule has 0 bridgehead atoms. The first-order valence-electron chi connectivity index (χ1n) is 5.25. The highest BCUT2D eigenvalue weighted by atomic mass is 16.1. The van der Waals surface area contributed by atoms with Crippen molar-refractivity contribution >= 4 is 5.91 Å². The van der Waals surface area contributed by atoms with Crippen LogP contribution in [0.2, 0.25) is 0 Å². The molecule has 1 saturated heterocycles. The van der Waals surface area contributed by atoms with Gasteiger partial charge in [-0.25, -0.2) is 0 Å². The van der Waals surface area contributed by atoms with Crippen LogP contribution in [-0.2, 0) is 4.79 Å². The maximum atomic E-state index is 11.0. The second kappa shape index (κ2) is 5.22. The summed E-state index contributed by atoms with van der Waals surface area (Å²) in [4.78, 5) is 11.0. The van der Waals surface area contributed by atoms with Crippen LogP contribution >= 0.6 is 0 Å². The van der Waals surface area contributed by atoms with Crippen molar-refractivity contribution in [3.05, 3.63) is 0 Å². The van der Waals surface area contributed by atoms with E-state index in [1.165, 1.54) is 0 Å². The molecular weight excluding hydrogens is 164 g/mol. The normalized spacial score (nSPS) is 25.4. The number of amides is 1. The van der Waals surface area contributed by atoms with Crippen LogP contribution in [0.15, 0.2) is 0 Å². The van der Waals surface area contributed by atoms with Gasteiger partial charge in [0.1, 0.15) is 0 Å². The summed E-state index contributed by atoms with van der Waals surface area (Å²) < 4.78 is 0. The van der Waals surface area contributed by atoms with Crippen molar-refractivity contribution in [2.45, 2.75) is 51.6 Å². The molecule has 1 aliphatic rings. The first-order valence-corrected chi connectivity index (χ1v) is 5.25. The third-order valence-corrected chi connectivity index (χ3v) is 2.65. The molecule has 1 fully saturated rings. The first-order chi connectivity index (χ1) is 6.22. The number of hydrogen-bond acceptors (Lipinski definition) is 2. The van der Waals surface area contributed by atoms with Gasteiger partial charge >= 0.3 is 0 Å². The molecule has 1 aliphatic heterocycles. The topological polar surface area (TPSA) is 41.1 Å². The summed E-state index contributed by atoms with van der Waals surface area (Å²) in [7, 11) is 0. The van der Waals surface area contributed by atoms with E-state index in [4.69, 9.17) is 0 Å². The fourth-order valence-corrected chi connectivity index (χ4v) is 1.52. The Balaban J connectivity index is 2.17. The van der Waals surface area contributed by atoms with E-state index in [9.17, 15) is 4.79 Å². The van der Waals surface area contributed by atoms with Gasteiger partial charge in [-0.1, -0.05) is 6.92 Å². The molecule has 2 unspecified atom stereocenters. The minimum absolute atomic E-state index is 0.210. The predicted octanol–water partition coefficient (Wildman–Crippen LogP) is 1.04. The monoisotopic (exact) mass is 184 g/mol. The van der Waals surface area contributed by atoms with E-state index in [0.29, 0.717) is 18.5 Å². The van der Waals surface area contributed by atoms with Gasteiger partial charge < -0.3 is 10.6 Å². The first kappa shape index (κ1) is 10.5. The fourth-order valence-electron chi connectivity index (χ4n) is 1.52. The molecule has 0 aliphatic carbocycles. The summed E-state index contributed by atoms with van der Waals surface area (Å²) in [6.45, 7) is 5.25. The molecule has 13 heavy (non-hydrogen) atoms. The third-order valence-electron chi connectivity index (χ3n) is 2.65. The molecule has 3 heteroatoms. The van der Waals surface area contributed by atoms with Gasteiger partial charge in [-0.2, -0.15) is 0 Å². The Bertz CT molecular complexity index is 170. The highest BCUT2D eigenvalue weighted by Crippen LogP contribution is 2.07. The zero-order valence-corrected chi connectivity index (χ0v) is 8.60. The maximum Gasteiger partial charge on any atom is 0.220 e. The molecule has 0 radical (unpaired) electrons. The number of rotatable bonds is 4. The summed E-state index contributed by atoms with van der Waals surface area (Å²) in [5.74, 6) is 0.210. The minimum atomic E-state index is 0.210. The van der Waals surface area contributed by atoms with E-state index in [0.717, 1.165) is 25.8 Å². The van der Waals surface area contributed by atoms with Gasteiger partial charge in [0.05, 0.1) is 0 Å². The number of hydrogen-bond donors (Lipinski definition) is 2. The van der Waals surface area contributed by atoms with Crippen LogP contribution in [-0.4, -0.2) is 24.5 Å². The molecule has 1 amide bonds. The molecule has 2 N–H and O–H groups in total. The zero-order chi connectivity index (χ0) is 9.68. The standard InChI is InChI=1S/C10H20N2O/c1-3-8(2)11-7-9-5-4-6-10(13)12-9/h8-9,11H,3-7H2,1-2H3,(H,12,13). The Morgan fingerprint density at radius 3 is 3.08 bits per heavy atom. The molecule has 0 aromatic heterocycles. The summed E-state index contributed by atoms with van der Waals surface area (Å²) in [5.41, 5.74) is 0. The van der Waals surface area contributed by atoms with Crippen LogP contribution < -0.4 is 10.6 Å². The zero-order valence-electron chi connectivity index (χ0n) is 8.60. The molecule has 1 rings (SSSR count). The van der Waals surface area contributed by atoms with Crippen molar-refractivity contribution in [3.8, 4) is 0 Å². The van der Waals surface area contributed by atoms with Gasteiger partial charge in [0.25, 0.3) is 0 Å². The van der Waals surface area contributed by atoms with Gasteiger partial charge in [-0.3, -0.25) is 4.79 Å². The molecule has 1 heterocycles. The van der Waals surface area contributed by atoms with Crippen LogP contribution in [0.4, 0.5) is 0 Å². The van der Waals surface area contributed by atoms with Crippen molar-refractivity contribution in [2.75, 3.05) is 6.54 Å². The smallest absolute Gasteiger partial charge is 0.220 e. The summed E-state index contributed by atoms with van der Waals surface area (Å²) in [6.07, 6.45) is 4.01. The van der Waals surface area contributed by atoms with Crippen molar-refractivity contribution in [1.29, 1.82) is 0 Å². The van der Waals surface area contributed by atoms with E-state index < -0.39 is 0 Å². The van der Waals surface area contributed by atoms with E-state index in [1.54, 1.807) is 0 Å². The van der Waals surface area contributed by atoms with Crippen molar-refractivity contribution < 1.29 is 4.79 Å². The lowest BCUT2D eigenvalue weighted by molar-refractivity contribution is -0.123. The van der Waals surface area contributed by atoms with Gasteiger partial charge in [0.15, 0.2) is 0 Å². The average molecular weight is 184 g/mol. The number of nitrogens with one attached hydrogen (secondary N) is 2. The number of piperidine rings is 1. The largest absolute Gasteiger partial charge is 0.352 e. The van der Waals surface area contributed by atoms with Crippen LogP contribution in [0.25, 0.3) is 0 Å². The van der Waals surface area contributed by atoms with Crippen LogP contribution in [0.1, 0.15) is 39.5 Å². The lowest BCUT2D eigenvalue weighted by Crippen LogP contribution is -2.46. The highest BCUT2D eigenvalue weighted by molar-refractivity contribution is 5.76. The minimum Gasteiger partial charge on any atom is -0.352 e. The maximum absolute atomic E-state index is 11.0. The van der Waals surface area contributed by atoms with Gasteiger partial charge in [-0.15, -0.1) is 0 Å². The Morgan fingerprint density at radius 1 is 1.69 bits per heavy atom. The second-order valence-corrected chi connectivity index (χ2v) is 3.87. The van der Waals surface area contributed by atoms with Crippen LogP contribution in [0.5, 0.6) is 0 Å². The van der Waals surface area contributed by atoms with E-state index in [-0.39, 0.29) is 5.91 Å². The molecule has 0 aromatic rings. The van der Waals surface area contributed by atoms with Crippen LogP contribution in [0.3, 0.4) is 0 Å². The SMILES string of the molecule is CCC(C)NCC1CCCC(=O)N1. The van der Waals surface area contributed by atoms with E-state index in [1.807, 2.05) is 0 Å². The highest BCUT2D eigenvalue weighted by Gasteiger charge is 2.17. The molecule has 3 nitrogen and oxygen atoms in total. The fraction of sp³-hybridized carbons (Fsp3) is 0.900. The number of carbonyl (C=O) groups is 1. The molecule has 0 saturated carbocycles. The quantitative estimate of drug-likeness (QED) is 0.685. The summed E-state index contributed by atoms with van der Waals surface area (Å²) in [5, 5.41) is 6.40. The van der Waals surface area contributed by atoms with Crippen molar-refractivity contribution in [1.82, 2.24) is 10.6 Å². The Kier molecular flexibility index (Phi) is 4.22. The third kappa shape index (κ3) is 3.77. The average Bonchev–Trinajstić information content (AvgIpc) is 2.14. The molecule has 0 aromatic carbocycles. The Morgan fingerprint density at radius 2 is 2.46 bits per heavy atom. The van der Waals surface area contributed by atoms with Gasteiger partial charge in [0, 0.05) is 25.0 Å². The van der Waals surface area contributed by atoms with Crippen molar-refractivity contribution in [2.24, 2.45) is 0 Å². The lowest BCUT2D eigenvalue weighted by atomic mass is 10.0. The molecular formula is C10H20N2O.